The number of hydrogen-bond acceptors (Lipinski definition) is 10. The van der Waals surface area contributed by atoms with Crippen molar-refractivity contribution in [1.82, 2.24) is 30.4 Å². The zero-order valence-corrected chi connectivity index (χ0v) is 31.6. The molecule has 4 N–H and O–H groups in total. The van der Waals surface area contributed by atoms with Gasteiger partial charge in [-0.1, -0.05) is 32.0 Å². The molecule has 0 fully saturated rings. The lowest BCUT2D eigenvalue weighted by atomic mass is 9.92. The molecule has 0 unspecified atom stereocenters. The third-order valence-corrected chi connectivity index (χ3v) is 9.34. The van der Waals surface area contributed by atoms with Crippen molar-refractivity contribution in [3.05, 3.63) is 60.0 Å². The lowest BCUT2D eigenvalue weighted by molar-refractivity contribution is -0.131. The van der Waals surface area contributed by atoms with Gasteiger partial charge in [0.2, 0.25) is 11.8 Å². The monoisotopic (exact) mass is 740 g/mol. The van der Waals surface area contributed by atoms with E-state index in [9.17, 15) is 19.2 Å². The fraction of sp³-hybridized carbons (Fsp3) is 0.385. The number of nitrogens with zero attached hydrogens (tertiary/aromatic N) is 4. The number of rotatable bonds is 15. The van der Waals surface area contributed by atoms with Crippen LogP contribution in [0.2, 0.25) is 0 Å². The molecular formula is C39H48N8O7. The van der Waals surface area contributed by atoms with Crippen LogP contribution in [0.3, 0.4) is 0 Å². The van der Waals surface area contributed by atoms with Crippen molar-refractivity contribution in [3.63, 3.8) is 0 Å². The Labute approximate surface area is 314 Å². The topological polar surface area (TPSA) is 180 Å². The summed E-state index contributed by atoms with van der Waals surface area (Å²) in [4.78, 5) is 64.5. The molecule has 1 aromatic heterocycles. The number of aliphatic imine (C=N–C) groups is 1. The number of anilines is 1. The molecule has 286 valence electrons. The van der Waals surface area contributed by atoms with E-state index in [0.717, 1.165) is 63.0 Å². The van der Waals surface area contributed by atoms with Crippen LogP contribution < -0.4 is 20.7 Å². The van der Waals surface area contributed by atoms with Gasteiger partial charge in [0.25, 0.3) is 0 Å². The molecule has 3 aromatic carbocycles. The summed E-state index contributed by atoms with van der Waals surface area (Å²) in [6.07, 6.45) is 3.65. The SMILES string of the molecule is CCCN(Cc1ncc(-c2ccc3c(c2)COc2cc4c(NC)c(/N=C/CN(C(=O)CNC(=O)OC)[C@@H](C)CC)ccc4cc2-3)[nH]1)C(=O)CNC(=O)OC. The van der Waals surface area contributed by atoms with Gasteiger partial charge in [0.15, 0.2) is 0 Å². The van der Waals surface area contributed by atoms with Gasteiger partial charge in [-0.3, -0.25) is 14.6 Å². The summed E-state index contributed by atoms with van der Waals surface area (Å²) in [6, 6.07) is 14.3. The molecule has 5 rings (SSSR count). The molecule has 1 aliphatic rings. The maximum atomic E-state index is 12.9. The first-order valence-corrected chi connectivity index (χ1v) is 17.9. The highest BCUT2D eigenvalue weighted by Crippen LogP contribution is 2.44. The quantitative estimate of drug-likeness (QED) is 0.113. The zero-order valence-electron chi connectivity index (χ0n) is 31.6. The van der Waals surface area contributed by atoms with Crippen LogP contribution >= 0.6 is 0 Å². The van der Waals surface area contributed by atoms with Crippen LogP contribution in [0.1, 0.15) is 45.0 Å². The number of hydrogen-bond donors (Lipinski definition) is 4. The van der Waals surface area contributed by atoms with Gasteiger partial charge in [0.1, 0.15) is 31.3 Å². The molecule has 0 bridgehead atoms. The molecule has 0 radical (unpaired) electrons. The van der Waals surface area contributed by atoms with Crippen LogP contribution in [0.4, 0.5) is 21.0 Å². The largest absolute Gasteiger partial charge is 0.488 e. The molecule has 15 heteroatoms. The standard InChI is InChI=1S/C39H48N8O7/c1-7-14-46(35(48)20-43-38(50)52-5)22-34-42-19-32(45-34)26-9-11-28-27(16-26)23-54-33-18-29-25(17-30(28)33)10-12-31(37(29)40-4)41-13-15-47(24(3)8-2)36(49)21-44-39(51)53-6/h9-13,16-19,24,40H,7-8,14-15,20-23H2,1-6H3,(H,42,45)(H,43,50)(H,44,51)/b41-13+/t24-/m0/s1. The van der Waals surface area contributed by atoms with E-state index in [2.05, 4.69) is 53.6 Å². The van der Waals surface area contributed by atoms with E-state index < -0.39 is 12.2 Å². The van der Waals surface area contributed by atoms with Gasteiger partial charge in [-0.2, -0.15) is 0 Å². The minimum absolute atomic E-state index is 0.0499. The van der Waals surface area contributed by atoms with Crippen molar-refractivity contribution in [2.45, 2.75) is 52.8 Å². The van der Waals surface area contributed by atoms with E-state index in [1.165, 1.54) is 14.2 Å². The number of methoxy groups -OCH3 is 2. The van der Waals surface area contributed by atoms with E-state index in [1.54, 1.807) is 22.2 Å². The average molecular weight is 741 g/mol. The lowest BCUT2D eigenvalue weighted by Crippen LogP contribution is -2.45. The predicted molar refractivity (Wildman–Crippen MR) is 207 cm³/mol. The predicted octanol–water partition coefficient (Wildman–Crippen LogP) is 5.61. The van der Waals surface area contributed by atoms with Gasteiger partial charge in [0.05, 0.1) is 50.6 Å². The van der Waals surface area contributed by atoms with Crippen molar-refractivity contribution < 1.29 is 33.4 Å². The number of fused-ring (bicyclic) bond motifs is 4. The maximum absolute atomic E-state index is 12.9. The molecular weight excluding hydrogens is 692 g/mol. The number of aromatic amines is 1. The van der Waals surface area contributed by atoms with Crippen LogP contribution in [0.15, 0.2) is 53.7 Å². The van der Waals surface area contributed by atoms with E-state index in [4.69, 9.17) is 9.73 Å². The number of H-pyrrole nitrogens is 1. The van der Waals surface area contributed by atoms with E-state index in [-0.39, 0.29) is 44.0 Å². The van der Waals surface area contributed by atoms with Gasteiger partial charge in [-0.05, 0) is 66.1 Å². The number of alkyl carbamates (subject to hydrolysis) is 2. The van der Waals surface area contributed by atoms with Crippen molar-refractivity contribution >= 4 is 52.4 Å². The Balaban J connectivity index is 1.33. The number of benzene rings is 3. The van der Waals surface area contributed by atoms with Gasteiger partial charge >= 0.3 is 12.2 Å². The van der Waals surface area contributed by atoms with Crippen molar-refractivity contribution in [3.8, 4) is 28.1 Å². The van der Waals surface area contributed by atoms with Gasteiger partial charge in [-0.25, -0.2) is 14.6 Å². The molecule has 1 aliphatic heterocycles. The summed E-state index contributed by atoms with van der Waals surface area (Å²) in [7, 11) is 4.36. The molecule has 2 heterocycles. The van der Waals surface area contributed by atoms with Crippen LogP contribution in [-0.4, -0.2) is 103 Å². The number of nitrogens with one attached hydrogen (secondary N) is 4. The Morgan fingerprint density at radius 2 is 1.74 bits per heavy atom. The lowest BCUT2D eigenvalue weighted by Gasteiger charge is -2.27. The second kappa shape index (κ2) is 18.1. The van der Waals surface area contributed by atoms with Gasteiger partial charge in [0, 0.05) is 36.8 Å². The highest BCUT2D eigenvalue weighted by molar-refractivity contribution is 6.03. The smallest absolute Gasteiger partial charge is 0.407 e. The minimum Gasteiger partial charge on any atom is -0.488 e. The van der Waals surface area contributed by atoms with Crippen LogP contribution in [-0.2, 0) is 32.2 Å². The van der Waals surface area contributed by atoms with Crippen molar-refractivity contribution in [2.75, 3.05) is 52.8 Å². The molecule has 0 aliphatic carbocycles. The summed E-state index contributed by atoms with van der Waals surface area (Å²) < 4.78 is 15.5. The molecule has 4 aromatic rings. The summed E-state index contributed by atoms with van der Waals surface area (Å²) in [5, 5.41) is 10.2. The molecule has 0 saturated carbocycles. The van der Waals surface area contributed by atoms with Crippen LogP contribution in [0.25, 0.3) is 33.2 Å². The number of carbonyl (C=O) groups is 4. The molecule has 1 atom stereocenters. The molecule has 54 heavy (non-hydrogen) atoms. The Morgan fingerprint density at radius 1 is 1.00 bits per heavy atom. The summed E-state index contributed by atoms with van der Waals surface area (Å²) in [5.41, 5.74) is 6.39. The minimum atomic E-state index is -0.658. The van der Waals surface area contributed by atoms with E-state index in [1.807, 2.05) is 52.1 Å². The molecule has 4 amide bonds. The Kier molecular flexibility index (Phi) is 13.1. The number of amides is 4. The summed E-state index contributed by atoms with van der Waals surface area (Å²) in [5.74, 6) is 0.939. The third kappa shape index (κ3) is 9.08. The molecule has 0 saturated heterocycles. The Hall–Kier alpha value is -6.12. The molecule has 0 spiro atoms. The van der Waals surface area contributed by atoms with Crippen LogP contribution in [0.5, 0.6) is 5.75 Å². The number of carbonyl (C=O) groups excluding carboxylic acids is 4. The Bertz CT molecular complexity index is 2030. The second-order valence-electron chi connectivity index (χ2n) is 12.8. The average Bonchev–Trinajstić information content (AvgIpc) is 3.67. The number of ether oxygens (including phenoxy) is 3. The Morgan fingerprint density at radius 3 is 2.43 bits per heavy atom. The first-order chi connectivity index (χ1) is 26.1. The van der Waals surface area contributed by atoms with Gasteiger partial charge < -0.3 is 44.9 Å². The second-order valence-corrected chi connectivity index (χ2v) is 12.8. The summed E-state index contributed by atoms with van der Waals surface area (Å²) in [6.45, 7) is 7.07. The fourth-order valence-corrected chi connectivity index (χ4v) is 6.30. The molecule has 15 nitrogen and oxygen atoms in total. The summed E-state index contributed by atoms with van der Waals surface area (Å²) >= 11 is 0. The van der Waals surface area contributed by atoms with Crippen LogP contribution in [0, 0.1) is 0 Å². The van der Waals surface area contributed by atoms with E-state index >= 15 is 0 Å². The first-order valence-electron chi connectivity index (χ1n) is 17.9. The first kappa shape index (κ1) is 39.1. The number of imidazole rings is 1. The van der Waals surface area contributed by atoms with Gasteiger partial charge in [-0.15, -0.1) is 0 Å². The third-order valence-electron chi connectivity index (χ3n) is 9.34. The highest BCUT2D eigenvalue weighted by Gasteiger charge is 2.22. The normalized spacial score (nSPS) is 12.3. The maximum Gasteiger partial charge on any atom is 0.407 e. The fourth-order valence-electron chi connectivity index (χ4n) is 6.30. The number of aromatic nitrogens is 2. The van der Waals surface area contributed by atoms with Crippen molar-refractivity contribution in [2.24, 2.45) is 4.99 Å². The van der Waals surface area contributed by atoms with Crippen molar-refractivity contribution in [1.29, 1.82) is 0 Å². The zero-order chi connectivity index (χ0) is 38.8. The highest BCUT2D eigenvalue weighted by atomic mass is 16.5. The van der Waals surface area contributed by atoms with E-state index in [0.29, 0.717) is 24.7 Å².